The van der Waals surface area contributed by atoms with Gasteiger partial charge >= 0.3 is 0 Å². The van der Waals surface area contributed by atoms with Gasteiger partial charge in [0, 0.05) is 39.5 Å². The number of aromatic nitrogens is 3. The molecule has 0 atom stereocenters. The van der Waals surface area contributed by atoms with Crippen molar-refractivity contribution in [3.05, 3.63) is 114 Å². The van der Waals surface area contributed by atoms with E-state index in [0.717, 1.165) is 16.7 Å². The highest BCUT2D eigenvalue weighted by Gasteiger charge is 2.32. The summed E-state index contributed by atoms with van der Waals surface area (Å²) < 4.78 is 16.3. The SMILES string of the molecule is CC(C)(C)c1ccnc([Si](C)(C)c2ccc3c(c2)c2cc([Si](C)(C)c4cc(C(C)(C)C)ccn4)ccc2n3-c2ccc(F)cc2)c1. The Morgan fingerprint density at radius 1 is 0.543 bits per heavy atom. The van der Waals surface area contributed by atoms with Gasteiger partial charge in [-0.1, -0.05) is 102 Å². The van der Waals surface area contributed by atoms with E-state index in [4.69, 9.17) is 9.97 Å². The van der Waals surface area contributed by atoms with Gasteiger partial charge in [0.25, 0.3) is 0 Å². The lowest BCUT2D eigenvalue weighted by Gasteiger charge is -2.26. The third kappa shape index (κ3) is 5.66. The molecular formula is C40H46FN3Si2. The largest absolute Gasteiger partial charge is 0.309 e. The van der Waals surface area contributed by atoms with Crippen molar-refractivity contribution in [1.29, 1.82) is 0 Å². The molecule has 3 aromatic carbocycles. The number of rotatable bonds is 5. The second-order valence-corrected chi connectivity index (χ2v) is 24.6. The molecule has 0 aliphatic heterocycles. The highest BCUT2D eigenvalue weighted by atomic mass is 28.3. The van der Waals surface area contributed by atoms with Gasteiger partial charge in [0.1, 0.15) is 22.0 Å². The zero-order valence-electron chi connectivity index (χ0n) is 29.0. The zero-order chi connectivity index (χ0) is 33.2. The topological polar surface area (TPSA) is 30.7 Å². The van der Waals surface area contributed by atoms with Crippen LogP contribution in [-0.2, 0) is 10.8 Å². The van der Waals surface area contributed by atoms with Crippen LogP contribution in [-0.4, -0.2) is 30.7 Å². The van der Waals surface area contributed by atoms with Gasteiger partial charge in [-0.2, -0.15) is 0 Å². The Kier molecular flexibility index (Phi) is 7.76. The van der Waals surface area contributed by atoms with Crippen molar-refractivity contribution in [2.75, 3.05) is 0 Å². The Morgan fingerprint density at radius 3 is 1.35 bits per heavy atom. The molecule has 6 rings (SSSR count). The summed E-state index contributed by atoms with van der Waals surface area (Å²) in [5.41, 5.74) is 5.94. The van der Waals surface area contributed by atoms with E-state index in [0.29, 0.717) is 0 Å². The fourth-order valence-corrected chi connectivity index (χ4v) is 10.9. The Labute approximate surface area is 275 Å². The molecule has 0 unspecified atom stereocenters. The molecule has 0 saturated carbocycles. The normalized spacial score (nSPS) is 13.1. The minimum Gasteiger partial charge on any atom is -0.309 e. The number of benzene rings is 3. The van der Waals surface area contributed by atoms with Crippen molar-refractivity contribution in [3.63, 3.8) is 0 Å². The van der Waals surface area contributed by atoms with Crippen LogP contribution in [0, 0.1) is 5.82 Å². The number of halogens is 1. The minimum absolute atomic E-state index is 0.0586. The quantitative estimate of drug-likeness (QED) is 0.179. The summed E-state index contributed by atoms with van der Waals surface area (Å²) in [4.78, 5) is 9.86. The summed E-state index contributed by atoms with van der Waals surface area (Å²) in [5, 5.41) is 7.51. The van der Waals surface area contributed by atoms with Gasteiger partial charge in [0.2, 0.25) is 0 Å². The van der Waals surface area contributed by atoms with Crippen LogP contribution in [0.2, 0.25) is 26.2 Å². The highest BCUT2D eigenvalue weighted by Crippen LogP contribution is 2.32. The van der Waals surface area contributed by atoms with E-state index < -0.39 is 16.1 Å². The van der Waals surface area contributed by atoms with Gasteiger partial charge in [-0.15, -0.1) is 0 Å². The number of pyridine rings is 2. The van der Waals surface area contributed by atoms with Crippen LogP contribution in [0.1, 0.15) is 52.7 Å². The monoisotopic (exact) mass is 643 g/mol. The van der Waals surface area contributed by atoms with Crippen LogP contribution in [0.25, 0.3) is 27.5 Å². The number of nitrogens with zero attached hydrogens (tertiary/aromatic N) is 3. The third-order valence-electron chi connectivity index (χ3n) is 9.83. The number of hydrogen-bond acceptors (Lipinski definition) is 2. The maximum atomic E-state index is 14.0. The van der Waals surface area contributed by atoms with Crippen molar-refractivity contribution in [2.24, 2.45) is 0 Å². The molecule has 6 aromatic rings. The molecule has 0 fully saturated rings. The lowest BCUT2D eigenvalue weighted by atomic mass is 9.88. The van der Waals surface area contributed by atoms with Crippen LogP contribution in [0.3, 0.4) is 0 Å². The second-order valence-electron chi connectivity index (χ2n) is 15.9. The van der Waals surface area contributed by atoms with E-state index in [9.17, 15) is 4.39 Å². The fourth-order valence-electron chi connectivity index (χ4n) is 6.44. The predicted molar refractivity (Wildman–Crippen MR) is 200 cm³/mol. The highest BCUT2D eigenvalue weighted by molar-refractivity contribution is 7.00. The molecule has 0 bridgehead atoms. The lowest BCUT2D eigenvalue weighted by molar-refractivity contribution is 0.589. The first-order valence-electron chi connectivity index (χ1n) is 16.3. The summed E-state index contributed by atoms with van der Waals surface area (Å²) in [6.07, 6.45) is 3.95. The summed E-state index contributed by atoms with van der Waals surface area (Å²) >= 11 is 0. The van der Waals surface area contributed by atoms with Crippen LogP contribution in [0.4, 0.5) is 4.39 Å². The first kappa shape index (κ1) is 32.1. The Bertz CT molecular complexity index is 1950. The molecular weight excluding hydrogens is 598 g/mol. The molecule has 0 aliphatic rings. The van der Waals surface area contributed by atoms with Crippen LogP contribution < -0.4 is 21.0 Å². The van der Waals surface area contributed by atoms with E-state index in [2.05, 4.69) is 133 Å². The molecule has 46 heavy (non-hydrogen) atoms. The second kappa shape index (κ2) is 11.1. The van der Waals surface area contributed by atoms with Crippen molar-refractivity contribution in [3.8, 4) is 5.69 Å². The fraction of sp³-hybridized carbons (Fsp3) is 0.300. The van der Waals surface area contributed by atoms with Crippen molar-refractivity contribution >= 4 is 59.0 Å². The van der Waals surface area contributed by atoms with E-state index in [-0.39, 0.29) is 16.6 Å². The molecule has 3 heterocycles. The Balaban J connectivity index is 1.57. The summed E-state index contributed by atoms with van der Waals surface area (Å²) in [7, 11) is -4.29. The van der Waals surface area contributed by atoms with Gasteiger partial charge in [0.15, 0.2) is 0 Å². The standard InChI is InChI=1S/C40H46FN3Si2/c1-39(2,3)27-19-21-42-37(23-27)45(7,8)31-15-17-35-33(25-31)34-26-32(16-18-36(34)44(35)30-13-11-29(41)12-14-30)46(9,10)38-24-28(20-22-43-38)40(4,5)6/h11-26H,1-10H3. The summed E-state index contributed by atoms with van der Waals surface area (Å²) in [5.74, 6) is -0.232. The summed E-state index contributed by atoms with van der Waals surface area (Å²) in [6, 6.07) is 29.7. The smallest absolute Gasteiger partial charge is 0.135 e. The Hall–Kier alpha value is -3.88. The van der Waals surface area contributed by atoms with Crippen molar-refractivity contribution < 1.29 is 4.39 Å². The van der Waals surface area contributed by atoms with E-state index in [1.165, 1.54) is 42.9 Å². The number of fused-ring (bicyclic) bond motifs is 3. The molecule has 3 aromatic heterocycles. The Morgan fingerprint density at radius 2 is 0.957 bits per heavy atom. The molecule has 0 saturated heterocycles. The van der Waals surface area contributed by atoms with E-state index in [1.54, 1.807) is 12.1 Å². The van der Waals surface area contributed by atoms with Crippen molar-refractivity contribution in [1.82, 2.24) is 14.5 Å². The lowest BCUT2D eigenvalue weighted by Crippen LogP contribution is -2.54. The maximum absolute atomic E-state index is 14.0. The average molecular weight is 644 g/mol. The maximum Gasteiger partial charge on any atom is 0.135 e. The molecule has 3 nitrogen and oxygen atoms in total. The first-order chi connectivity index (χ1) is 21.5. The molecule has 0 radical (unpaired) electrons. The van der Waals surface area contributed by atoms with E-state index in [1.807, 2.05) is 24.5 Å². The van der Waals surface area contributed by atoms with Crippen LogP contribution in [0.15, 0.2) is 97.3 Å². The van der Waals surface area contributed by atoms with Gasteiger partial charge in [-0.3, -0.25) is 9.97 Å². The summed E-state index contributed by atoms with van der Waals surface area (Å²) in [6.45, 7) is 23.2. The molecule has 0 spiro atoms. The predicted octanol–water partition coefficient (Wildman–Crippen LogP) is 7.95. The molecule has 0 amide bonds. The van der Waals surface area contributed by atoms with Gasteiger partial charge in [-0.05, 0) is 82.6 Å². The van der Waals surface area contributed by atoms with Gasteiger partial charge in [0.05, 0.1) is 11.0 Å². The third-order valence-corrected chi connectivity index (χ3v) is 16.4. The molecule has 0 N–H and O–H groups in total. The first-order valence-corrected chi connectivity index (χ1v) is 22.3. The zero-order valence-corrected chi connectivity index (χ0v) is 31.0. The molecule has 0 aliphatic carbocycles. The minimum atomic E-state index is -2.15. The van der Waals surface area contributed by atoms with Crippen LogP contribution in [0.5, 0.6) is 0 Å². The van der Waals surface area contributed by atoms with Crippen LogP contribution >= 0.6 is 0 Å². The van der Waals surface area contributed by atoms with E-state index >= 15 is 0 Å². The number of hydrogen-bond donors (Lipinski definition) is 0. The van der Waals surface area contributed by atoms with Crippen molar-refractivity contribution in [2.45, 2.75) is 78.6 Å². The molecule has 236 valence electrons. The average Bonchev–Trinajstić information content (AvgIpc) is 3.34. The molecule has 6 heteroatoms. The van der Waals surface area contributed by atoms with Gasteiger partial charge < -0.3 is 4.57 Å². The van der Waals surface area contributed by atoms with Gasteiger partial charge in [-0.25, -0.2) is 4.39 Å².